The summed E-state index contributed by atoms with van der Waals surface area (Å²) >= 11 is 1.35. The molecule has 1 saturated carbocycles. The number of furan rings is 1. The van der Waals surface area contributed by atoms with Crippen LogP contribution in [-0.4, -0.2) is 14.5 Å². The molecule has 0 unspecified atom stereocenters. The molecule has 2 aromatic heterocycles. The van der Waals surface area contributed by atoms with Crippen molar-refractivity contribution in [2.24, 2.45) is 0 Å². The first-order valence-corrected chi connectivity index (χ1v) is 11.0. The zero-order valence-corrected chi connectivity index (χ0v) is 15.8. The first-order chi connectivity index (χ1) is 12.6. The molecule has 1 aliphatic carbocycles. The maximum Gasteiger partial charge on any atom is 0.262 e. The van der Waals surface area contributed by atoms with Crippen LogP contribution in [0.15, 0.2) is 62.7 Å². The Morgan fingerprint density at radius 2 is 2.08 bits per heavy atom. The maximum atomic E-state index is 12.6. The lowest BCUT2D eigenvalue weighted by molar-refractivity contribution is 0.338. The van der Waals surface area contributed by atoms with Crippen LogP contribution >= 0.6 is 11.3 Å². The fourth-order valence-corrected chi connectivity index (χ4v) is 5.02. The lowest BCUT2D eigenvalue weighted by Gasteiger charge is -2.26. The third-order valence-electron chi connectivity index (χ3n) is 4.62. The largest absolute Gasteiger partial charge is 0.464 e. The summed E-state index contributed by atoms with van der Waals surface area (Å²) in [6, 6.07) is 11.6. The molecule has 7 heteroatoms. The molecule has 5 nitrogen and oxygen atoms in total. The van der Waals surface area contributed by atoms with Crippen molar-refractivity contribution in [2.45, 2.75) is 36.7 Å². The van der Waals surface area contributed by atoms with Gasteiger partial charge in [-0.05, 0) is 54.1 Å². The molecule has 2 N–H and O–H groups in total. The molecule has 26 heavy (non-hydrogen) atoms. The van der Waals surface area contributed by atoms with E-state index in [1.807, 2.05) is 18.2 Å². The van der Waals surface area contributed by atoms with E-state index in [0.717, 1.165) is 17.7 Å². The highest BCUT2D eigenvalue weighted by atomic mass is 32.2. The van der Waals surface area contributed by atoms with E-state index in [1.54, 1.807) is 35.2 Å². The Morgan fingerprint density at radius 3 is 2.73 bits per heavy atom. The fourth-order valence-electron chi connectivity index (χ4n) is 2.91. The molecular formula is C19H20N2O3S2. The van der Waals surface area contributed by atoms with Crippen molar-refractivity contribution in [1.29, 1.82) is 0 Å². The van der Waals surface area contributed by atoms with Crippen LogP contribution in [0.1, 0.15) is 24.8 Å². The van der Waals surface area contributed by atoms with E-state index in [9.17, 15) is 8.42 Å². The van der Waals surface area contributed by atoms with Gasteiger partial charge in [-0.1, -0.05) is 12.5 Å². The van der Waals surface area contributed by atoms with E-state index < -0.39 is 10.0 Å². The average molecular weight is 389 g/mol. The Kier molecular flexibility index (Phi) is 4.84. The van der Waals surface area contributed by atoms with Gasteiger partial charge in [0.25, 0.3) is 10.0 Å². The van der Waals surface area contributed by atoms with Gasteiger partial charge in [-0.2, -0.15) is 11.3 Å². The molecule has 1 fully saturated rings. The molecule has 0 aliphatic heterocycles. The van der Waals surface area contributed by atoms with Gasteiger partial charge in [0, 0.05) is 23.5 Å². The van der Waals surface area contributed by atoms with Crippen LogP contribution in [0, 0.1) is 0 Å². The second-order valence-electron chi connectivity index (χ2n) is 6.43. The summed E-state index contributed by atoms with van der Waals surface area (Å²) in [7, 11) is -3.61. The molecule has 1 aromatic carbocycles. The number of thiophene rings is 1. The SMILES string of the molecule is O=S(=O)(Nc1ccc(CNC2CCC2)cc1-c1ccco1)c1ccsc1. The van der Waals surface area contributed by atoms with Crippen LogP contribution in [0.5, 0.6) is 0 Å². The molecule has 1 aliphatic rings. The van der Waals surface area contributed by atoms with Crippen LogP contribution in [0.2, 0.25) is 0 Å². The molecule has 0 saturated heterocycles. The number of anilines is 1. The van der Waals surface area contributed by atoms with E-state index in [4.69, 9.17) is 4.42 Å². The van der Waals surface area contributed by atoms with Gasteiger partial charge >= 0.3 is 0 Å². The Hall–Kier alpha value is -2.09. The number of hydrogen-bond donors (Lipinski definition) is 2. The highest BCUT2D eigenvalue weighted by molar-refractivity contribution is 7.92. The van der Waals surface area contributed by atoms with Crippen molar-refractivity contribution >= 4 is 27.0 Å². The summed E-state index contributed by atoms with van der Waals surface area (Å²) < 4.78 is 33.4. The molecule has 4 rings (SSSR count). The van der Waals surface area contributed by atoms with Gasteiger partial charge in [0.1, 0.15) is 5.76 Å². The number of rotatable bonds is 7. The van der Waals surface area contributed by atoms with Crippen LogP contribution in [0.4, 0.5) is 5.69 Å². The topological polar surface area (TPSA) is 71.3 Å². The quantitative estimate of drug-likeness (QED) is 0.627. The van der Waals surface area contributed by atoms with Crippen molar-refractivity contribution in [2.75, 3.05) is 4.72 Å². The van der Waals surface area contributed by atoms with E-state index in [-0.39, 0.29) is 4.90 Å². The van der Waals surface area contributed by atoms with Crippen molar-refractivity contribution in [3.8, 4) is 11.3 Å². The van der Waals surface area contributed by atoms with Crippen LogP contribution < -0.4 is 10.0 Å². The van der Waals surface area contributed by atoms with E-state index in [2.05, 4.69) is 10.0 Å². The first kappa shape index (κ1) is 17.3. The summed E-state index contributed by atoms with van der Waals surface area (Å²) in [4.78, 5) is 0.267. The smallest absolute Gasteiger partial charge is 0.262 e. The zero-order chi connectivity index (χ0) is 18.0. The minimum absolute atomic E-state index is 0.267. The minimum atomic E-state index is -3.61. The highest BCUT2D eigenvalue weighted by Gasteiger charge is 2.19. The van der Waals surface area contributed by atoms with Gasteiger partial charge in [-0.3, -0.25) is 4.72 Å². The van der Waals surface area contributed by atoms with Crippen molar-refractivity contribution in [3.63, 3.8) is 0 Å². The molecule has 0 atom stereocenters. The number of benzene rings is 1. The molecule has 2 heterocycles. The highest BCUT2D eigenvalue weighted by Crippen LogP contribution is 2.32. The number of nitrogens with one attached hydrogen (secondary N) is 2. The predicted octanol–water partition coefficient (Wildman–Crippen LogP) is 4.45. The summed E-state index contributed by atoms with van der Waals surface area (Å²) in [5.74, 6) is 0.638. The summed E-state index contributed by atoms with van der Waals surface area (Å²) in [6.07, 6.45) is 5.33. The Bertz CT molecular complexity index is 960. The van der Waals surface area contributed by atoms with Gasteiger partial charge < -0.3 is 9.73 Å². The second kappa shape index (κ2) is 7.26. The standard InChI is InChI=1S/C19H20N2O3S2/c22-26(23,16-8-10-25-13-16)21-18-7-6-14(12-20-15-3-1-4-15)11-17(18)19-5-2-9-24-19/h2,5-11,13,15,20-21H,1,3-4,12H2. The first-order valence-electron chi connectivity index (χ1n) is 8.57. The molecular weight excluding hydrogens is 368 g/mol. The summed E-state index contributed by atoms with van der Waals surface area (Å²) in [5, 5.41) is 6.89. The fraction of sp³-hybridized carbons (Fsp3) is 0.263. The summed E-state index contributed by atoms with van der Waals surface area (Å²) in [6.45, 7) is 0.760. The van der Waals surface area contributed by atoms with Crippen LogP contribution in [-0.2, 0) is 16.6 Å². The van der Waals surface area contributed by atoms with Crippen molar-refractivity contribution in [3.05, 3.63) is 59.0 Å². The van der Waals surface area contributed by atoms with Crippen molar-refractivity contribution < 1.29 is 12.8 Å². The Labute approximate surface area is 157 Å². The number of hydrogen-bond acceptors (Lipinski definition) is 5. The average Bonchev–Trinajstić information content (AvgIpc) is 3.28. The van der Waals surface area contributed by atoms with Crippen LogP contribution in [0.25, 0.3) is 11.3 Å². The molecule has 136 valence electrons. The van der Waals surface area contributed by atoms with Gasteiger partial charge in [0.2, 0.25) is 0 Å². The van der Waals surface area contributed by atoms with E-state index in [1.165, 1.54) is 30.6 Å². The zero-order valence-electron chi connectivity index (χ0n) is 14.1. The Balaban J connectivity index is 1.63. The van der Waals surface area contributed by atoms with Crippen molar-refractivity contribution in [1.82, 2.24) is 5.32 Å². The molecule has 0 spiro atoms. The normalized spacial score (nSPS) is 14.9. The lowest BCUT2D eigenvalue weighted by Crippen LogP contribution is -2.34. The van der Waals surface area contributed by atoms with Gasteiger partial charge in [-0.25, -0.2) is 8.42 Å². The maximum absolute atomic E-state index is 12.6. The summed E-state index contributed by atoms with van der Waals surface area (Å²) in [5.41, 5.74) is 2.35. The third kappa shape index (κ3) is 3.70. The molecule has 0 bridgehead atoms. The number of sulfonamides is 1. The molecule has 0 radical (unpaired) electrons. The van der Waals surface area contributed by atoms with E-state index >= 15 is 0 Å². The monoisotopic (exact) mass is 388 g/mol. The van der Waals surface area contributed by atoms with Gasteiger partial charge in [0.05, 0.1) is 16.8 Å². The van der Waals surface area contributed by atoms with Gasteiger partial charge in [0.15, 0.2) is 0 Å². The second-order valence-corrected chi connectivity index (χ2v) is 8.89. The van der Waals surface area contributed by atoms with Gasteiger partial charge in [-0.15, -0.1) is 0 Å². The van der Waals surface area contributed by atoms with E-state index in [0.29, 0.717) is 17.5 Å². The third-order valence-corrected chi connectivity index (χ3v) is 6.82. The molecule has 0 amide bonds. The predicted molar refractivity (Wildman–Crippen MR) is 104 cm³/mol. The Morgan fingerprint density at radius 1 is 1.19 bits per heavy atom. The minimum Gasteiger partial charge on any atom is -0.464 e. The lowest BCUT2D eigenvalue weighted by atomic mass is 9.93. The van der Waals surface area contributed by atoms with Crippen LogP contribution in [0.3, 0.4) is 0 Å². The molecule has 3 aromatic rings.